The zero-order valence-electron chi connectivity index (χ0n) is 10.8. The summed E-state index contributed by atoms with van der Waals surface area (Å²) >= 11 is 0. The average molecular weight is 286 g/mol. The van der Waals surface area contributed by atoms with Crippen LogP contribution in [0.1, 0.15) is 53.4 Å². The third kappa shape index (κ3) is 4.56. The lowest BCUT2D eigenvalue weighted by Gasteiger charge is -2.17. The van der Waals surface area contributed by atoms with E-state index in [1.165, 1.54) is 0 Å². The Balaban J connectivity index is 5.07. The van der Waals surface area contributed by atoms with Crippen LogP contribution in [0.25, 0.3) is 0 Å². The van der Waals surface area contributed by atoms with E-state index in [9.17, 15) is 16.8 Å². The average Bonchev–Trinajstić information content (AvgIpc) is 2.18. The lowest BCUT2D eigenvalue weighted by atomic mass is 10.3. The minimum absolute atomic E-state index is 0.345. The Morgan fingerprint density at radius 2 is 0.941 bits per heavy atom. The van der Waals surface area contributed by atoms with Crippen molar-refractivity contribution in [3.63, 3.8) is 0 Å². The van der Waals surface area contributed by atoms with E-state index in [4.69, 9.17) is 0 Å². The van der Waals surface area contributed by atoms with Crippen molar-refractivity contribution < 1.29 is 20.5 Å². The molecule has 0 aliphatic carbocycles. The van der Waals surface area contributed by atoms with Crippen LogP contribution in [0.5, 0.6) is 0 Å². The Hall–Kier alpha value is -0.140. The number of rotatable bonds is 8. The molecule has 0 unspecified atom stereocenters. The van der Waals surface area contributed by atoms with E-state index in [2.05, 4.69) is 3.63 Å². The molecule has 0 saturated carbocycles. The molecule has 0 aliphatic rings. The van der Waals surface area contributed by atoms with Crippen molar-refractivity contribution >= 4 is 20.2 Å². The molecule has 17 heavy (non-hydrogen) atoms. The van der Waals surface area contributed by atoms with E-state index in [-0.39, 0.29) is 0 Å². The maximum atomic E-state index is 11.7. The molecule has 0 aromatic rings. The molecule has 0 N–H and O–H groups in total. The first-order valence-corrected chi connectivity index (χ1v) is 8.88. The molecule has 0 atom stereocenters. The van der Waals surface area contributed by atoms with Gasteiger partial charge in [-0.1, -0.05) is 27.7 Å². The molecule has 7 heteroatoms. The lowest BCUT2D eigenvalue weighted by Crippen LogP contribution is -2.30. The molecule has 0 aromatic carbocycles. The van der Waals surface area contributed by atoms with Crippen LogP contribution >= 0.6 is 0 Å². The standard InChI is InChI=1S/C10H22O5S2/c1-5-9(6-2)16(11,12)15-17(13,14)10(7-3)8-4/h9-10H,5-8H2,1-4H3. The lowest BCUT2D eigenvalue weighted by molar-refractivity contribution is 0.436. The molecular formula is C10H22O5S2. The fourth-order valence-electron chi connectivity index (χ4n) is 1.64. The van der Waals surface area contributed by atoms with E-state index in [1.54, 1.807) is 27.7 Å². The van der Waals surface area contributed by atoms with Crippen LogP contribution in [-0.2, 0) is 23.9 Å². The second-order valence-electron chi connectivity index (χ2n) is 3.93. The first-order valence-electron chi connectivity index (χ1n) is 5.93. The quantitative estimate of drug-likeness (QED) is 0.682. The van der Waals surface area contributed by atoms with Crippen LogP contribution in [0.3, 0.4) is 0 Å². The second-order valence-corrected chi connectivity index (χ2v) is 7.78. The molecule has 0 rings (SSSR count). The van der Waals surface area contributed by atoms with Crippen molar-refractivity contribution in [1.82, 2.24) is 0 Å². The third-order valence-electron chi connectivity index (χ3n) is 2.83. The Bertz CT molecular complexity index is 362. The van der Waals surface area contributed by atoms with E-state index in [1.807, 2.05) is 0 Å². The van der Waals surface area contributed by atoms with Gasteiger partial charge in [0.15, 0.2) is 0 Å². The molecule has 0 fully saturated rings. The zero-order valence-corrected chi connectivity index (χ0v) is 12.5. The molecule has 0 aromatic heterocycles. The summed E-state index contributed by atoms with van der Waals surface area (Å²) < 4.78 is 51.4. The highest BCUT2D eigenvalue weighted by atomic mass is 32.3. The Morgan fingerprint density at radius 3 is 1.12 bits per heavy atom. The van der Waals surface area contributed by atoms with Gasteiger partial charge in [-0.15, -0.1) is 3.63 Å². The van der Waals surface area contributed by atoms with E-state index >= 15 is 0 Å². The number of hydrogen-bond acceptors (Lipinski definition) is 5. The van der Waals surface area contributed by atoms with E-state index < -0.39 is 30.7 Å². The summed E-state index contributed by atoms with van der Waals surface area (Å²) in [6.45, 7) is 6.77. The highest BCUT2D eigenvalue weighted by Gasteiger charge is 2.33. The van der Waals surface area contributed by atoms with Crippen LogP contribution < -0.4 is 0 Å². The fraction of sp³-hybridized carbons (Fsp3) is 1.00. The second kappa shape index (κ2) is 6.70. The van der Waals surface area contributed by atoms with Gasteiger partial charge in [0.1, 0.15) is 0 Å². The molecule has 0 bridgehead atoms. The number of hydrogen-bond donors (Lipinski definition) is 0. The van der Waals surface area contributed by atoms with Crippen molar-refractivity contribution in [2.45, 2.75) is 63.9 Å². The van der Waals surface area contributed by atoms with Crippen LogP contribution in [0.2, 0.25) is 0 Å². The Morgan fingerprint density at radius 1 is 0.706 bits per heavy atom. The summed E-state index contributed by atoms with van der Waals surface area (Å²) in [5.74, 6) is 0. The molecule has 0 aliphatic heterocycles. The van der Waals surface area contributed by atoms with Crippen molar-refractivity contribution in [2.24, 2.45) is 0 Å². The highest BCUT2D eigenvalue weighted by molar-refractivity contribution is 8.00. The smallest absolute Gasteiger partial charge is 0.198 e. The zero-order chi connectivity index (χ0) is 13.7. The Kier molecular flexibility index (Phi) is 6.65. The van der Waals surface area contributed by atoms with Crippen LogP contribution in [0.15, 0.2) is 0 Å². The van der Waals surface area contributed by atoms with E-state index in [0.29, 0.717) is 25.7 Å². The van der Waals surface area contributed by atoms with Gasteiger partial charge >= 0.3 is 0 Å². The van der Waals surface area contributed by atoms with Crippen molar-refractivity contribution in [3.05, 3.63) is 0 Å². The van der Waals surface area contributed by atoms with Gasteiger partial charge < -0.3 is 0 Å². The summed E-state index contributed by atoms with van der Waals surface area (Å²) in [5, 5.41) is -1.52. The van der Waals surface area contributed by atoms with Gasteiger partial charge in [0.25, 0.3) is 20.2 Å². The van der Waals surface area contributed by atoms with Gasteiger partial charge in [-0.3, -0.25) is 0 Å². The van der Waals surface area contributed by atoms with Gasteiger partial charge in [-0.05, 0) is 25.7 Å². The maximum Gasteiger partial charge on any atom is 0.284 e. The predicted molar refractivity (Wildman–Crippen MR) is 67.7 cm³/mol. The largest absolute Gasteiger partial charge is 0.284 e. The summed E-state index contributed by atoms with van der Waals surface area (Å²) in [4.78, 5) is 0. The van der Waals surface area contributed by atoms with Gasteiger partial charge in [0, 0.05) is 0 Å². The predicted octanol–water partition coefficient (Wildman–Crippen LogP) is 2.04. The van der Waals surface area contributed by atoms with E-state index in [0.717, 1.165) is 0 Å². The molecule has 5 nitrogen and oxygen atoms in total. The topological polar surface area (TPSA) is 77.5 Å². The van der Waals surface area contributed by atoms with Gasteiger partial charge in [-0.25, -0.2) is 0 Å². The van der Waals surface area contributed by atoms with Gasteiger partial charge in [0.05, 0.1) is 10.5 Å². The molecule has 0 heterocycles. The van der Waals surface area contributed by atoms with Gasteiger partial charge in [0.2, 0.25) is 0 Å². The van der Waals surface area contributed by atoms with Gasteiger partial charge in [-0.2, -0.15) is 16.8 Å². The highest BCUT2D eigenvalue weighted by Crippen LogP contribution is 2.20. The molecule has 104 valence electrons. The summed E-state index contributed by atoms with van der Waals surface area (Å²) in [7, 11) is -8.07. The van der Waals surface area contributed by atoms with Crippen LogP contribution in [-0.4, -0.2) is 27.3 Å². The SMILES string of the molecule is CCC(CC)S(=O)(=O)OS(=O)(=O)C(CC)CC. The van der Waals surface area contributed by atoms with Crippen molar-refractivity contribution in [2.75, 3.05) is 0 Å². The molecule has 0 spiro atoms. The summed E-state index contributed by atoms with van der Waals surface area (Å²) in [6, 6.07) is 0. The minimum atomic E-state index is -4.03. The molecule has 0 amide bonds. The summed E-state index contributed by atoms with van der Waals surface area (Å²) in [6.07, 6.45) is 1.38. The molecule has 0 saturated heterocycles. The molecular weight excluding hydrogens is 264 g/mol. The van der Waals surface area contributed by atoms with Crippen LogP contribution in [0, 0.1) is 0 Å². The maximum absolute atomic E-state index is 11.7. The first kappa shape index (κ1) is 16.9. The minimum Gasteiger partial charge on any atom is -0.198 e. The molecule has 0 radical (unpaired) electrons. The third-order valence-corrected chi connectivity index (χ3v) is 7.31. The normalized spacial score (nSPS) is 13.5. The van der Waals surface area contributed by atoms with Crippen molar-refractivity contribution in [3.8, 4) is 0 Å². The van der Waals surface area contributed by atoms with Crippen molar-refractivity contribution in [1.29, 1.82) is 0 Å². The van der Waals surface area contributed by atoms with Crippen LogP contribution in [0.4, 0.5) is 0 Å². The Labute approximate surface area is 105 Å². The fourth-order valence-corrected chi connectivity index (χ4v) is 5.22. The monoisotopic (exact) mass is 286 g/mol. The summed E-state index contributed by atoms with van der Waals surface area (Å²) in [5.41, 5.74) is 0. The first-order chi connectivity index (χ1) is 7.75.